The second-order valence-electron chi connectivity index (χ2n) is 9.52. The number of methoxy groups -OCH3 is 1. The van der Waals surface area contributed by atoms with Crippen LogP contribution in [0.15, 0.2) is 102 Å². The van der Waals surface area contributed by atoms with Crippen LogP contribution in [0.5, 0.6) is 11.5 Å². The van der Waals surface area contributed by atoms with Gasteiger partial charge in [0.2, 0.25) is 0 Å². The van der Waals surface area contributed by atoms with Gasteiger partial charge in [-0.2, -0.15) is 0 Å². The van der Waals surface area contributed by atoms with E-state index in [0.717, 1.165) is 67.0 Å². The Morgan fingerprint density at radius 2 is 1.71 bits per heavy atom. The first kappa shape index (κ1) is 22.3. The average Bonchev–Trinajstić information content (AvgIpc) is 3.39. The minimum absolute atomic E-state index is 0.106. The van der Waals surface area contributed by atoms with Crippen molar-refractivity contribution in [2.45, 2.75) is 13.5 Å². The maximum absolute atomic E-state index is 14.8. The maximum atomic E-state index is 14.8. The summed E-state index contributed by atoms with van der Waals surface area (Å²) in [6, 6.07) is 29.9. The average molecular weight is 497 g/mol. The highest BCUT2D eigenvalue weighted by atomic mass is 16.5. The number of fused-ring (bicyclic) bond motifs is 1. The Labute approximate surface area is 219 Å². The summed E-state index contributed by atoms with van der Waals surface area (Å²) >= 11 is 0. The van der Waals surface area contributed by atoms with E-state index in [0.29, 0.717) is 12.0 Å². The van der Waals surface area contributed by atoms with Gasteiger partial charge in [-0.1, -0.05) is 54.6 Å². The molecule has 0 bridgehead atoms. The third-order valence-electron chi connectivity index (χ3n) is 7.40. The van der Waals surface area contributed by atoms with Crippen molar-refractivity contribution in [3.63, 3.8) is 0 Å². The number of pyridine rings is 2. The fourth-order valence-corrected chi connectivity index (χ4v) is 5.63. The van der Waals surface area contributed by atoms with E-state index in [2.05, 4.69) is 19.1 Å². The van der Waals surface area contributed by atoms with Crippen LogP contribution in [0.25, 0.3) is 49.7 Å². The molecule has 7 rings (SSSR count). The first-order chi connectivity index (χ1) is 18.7. The first-order valence-electron chi connectivity index (χ1n) is 12.6. The lowest BCUT2D eigenvalue weighted by atomic mass is 9.93. The lowest BCUT2D eigenvalue weighted by Crippen LogP contribution is -2.23. The van der Waals surface area contributed by atoms with Crippen LogP contribution in [-0.2, 0) is 6.61 Å². The minimum Gasteiger partial charge on any atom is -0.497 e. The molecule has 0 saturated heterocycles. The van der Waals surface area contributed by atoms with Crippen molar-refractivity contribution >= 4 is 21.7 Å². The molecule has 0 fully saturated rings. The van der Waals surface area contributed by atoms with Crippen LogP contribution in [0.2, 0.25) is 0 Å². The first-order valence-corrected chi connectivity index (χ1v) is 12.6. The summed E-state index contributed by atoms with van der Waals surface area (Å²) in [6.07, 6.45) is 1.77. The Hall–Kier alpha value is -4.90. The molecule has 0 saturated carbocycles. The van der Waals surface area contributed by atoms with Gasteiger partial charge < -0.3 is 9.47 Å². The molecule has 0 amide bonds. The fourth-order valence-electron chi connectivity index (χ4n) is 5.63. The van der Waals surface area contributed by atoms with Gasteiger partial charge in [-0.15, -0.1) is 0 Å². The molecule has 0 radical (unpaired) electrons. The van der Waals surface area contributed by atoms with Gasteiger partial charge in [0.05, 0.1) is 29.4 Å². The number of ether oxygens (including phenoxy) is 2. The molecule has 5 nitrogen and oxygen atoms in total. The predicted molar refractivity (Wildman–Crippen MR) is 151 cm³/mol. The van der Waals surface area contributed by atoms with Gasteiger partial charge >= 0.3 is 0 Å². The molecule has 0 N–H and O–H groups in total. The molecule has 1 aliphatic rings. The minimum atomic E-state index is -0.106. The van der Waals surface area contributed by atoms with Crippen molar-refractivity contribution in [1.82, 2.24) is 9.55 Å². The van der Waals surface area contributed by atoms with Crippen molar-refractivity contribution in [2.75, 3.05) is 7.11 Å². The van der Waals surface area contributed by atoms with Gasteiger partial charge in [-0.05, 0) is 60.0 Å². The van der Waals surface area contributed by atoms with Crippen LogP contribution < -0.4 is 15.0 Å². The van der Waals surface area contributed by atoms with E-state index < -0.39 is 0 Å². The second-order valence-corrected chi connectivity index (χ2v) is 9.52. The van der Waals surface area contributed by atoms with Gasteiger partial charge in [-0.3, -0.25) is 14.3 Å². The zero-order valence-corrected chi connectivity index (χ0v) is 21.1. The lowest BCUT2D eigenvalue weighted by Gasteiger charge is -2.20. The lowest BCUT2D eigenvalue weighted by molar-refractivity contribution is 0.327. The zero-order chi connectivity index (χ0) is 25.8. The summed E-state index contributed by atoms with van der Waals surface area (Å²) < 4.78 is 13.5. The van der Waals surface area contributed by atoms with Crippen LogP contribution in [0.1, 0.15) is 11.1 Å². The molecule has 0 spiro atoms. The Bertz CT molecular complexity index is 1950. The van der Waals surface area contributed by atoms with Crippen LogP contribution in [-0.4, -0.2) is 16.7 Å². The number of nitrogens with zero attached hydrogens (tertiary/aromatic N) is 2. The topological polar surface area (TPSA) is 53.4 Å². The van der Waals surface area contributed by atoms with Gasteiger partial charge in [0.1, 0.15) is 18.1 Å². The van der Waals surface area contributed by atoms with E-state index in [1.54, 1.807) is 13.3 Å². The van der Waals surface area contributed by atoms with Gasteiger partial charge in [0.15, 0.2) is 0 Å². The molecule has 38 heavy (non-hydrogen) atoms. The molecule has 4 aromatic carbocycles. The molecular weight excluding hydrogens is 472 g/mol. The smallest absolute Gasteiger partial charge is 0.264 e. The molecule has 2 aromatic heterocycles. The van der Waals surface area contributed by atoms with E-state index in [-0.39, 0.29) is 5.56 Å². The quantitative estimate of drug-likeness (QED) is 0.262. The molecule has 0 aliphatic carbocycles. The van der Waals surface area contributed by atoms with E-state index in [1.807, 2.05) is 83.4 Å². The molecule has 0 atom stereocenters. The third-order valence-corrected chi connectivity index (χ3v) is 7.40. The van der Waals surface area contributed by atoms with Crippen molar-refractivity contribution in [2.24, 2.45) is 0 Å². The zero-order valence-electron chi connectivity index (χ0n) is 21.1. The summed E-state index contributed by atoms with van der Waals surface area (Å²) in [5.41, 5.74) is 7.11. The normalized spacial score (nSPS) is 12.2. The Morgan fingerprint density at radius 1 is 0.868 bits per heavy atom. The molecule has 6 aromatic rings. The van der Waals surface area contributed by atoms with E-state index >= 15 is 0 Å². The van der Waals surface area contributed by atoms with Gasteiger partial charge in [0.25, 0.3) is 5.56 Å². The summed E-state index contributed by atoms with van der Waals surface area (Å²) in [5.74, 6) is 1.47. The van der Waals surface area contributed by atoms with Gasteiger partial charge in [-0.25, -0.2) is 0 Å². The Morgan fingerprint density at radius 3 is 2.58 bits per heavy atom. The van der Waals surface area contributed by atoms with Crippen molar-refractivity contribution < 1.29 is 9.47 Å². The number of aromatic nitrogens is 2. The van der Waals surface area contributed by atoms with E-state index in [1.165, 1.54) is 0 Å². The van der Waals surface area contributed by atoms with Crippen LogP contribution in [0.3, 0.4) is 0 Å². The number of aryl methyl sites for hydroxylation is 1. The van der Waals surface area contributed by atoms with Crippen molar-refractivity contribution in [3.05, 3.63) is 119 Å². The number of hydrogen-bond donors (Lipinski definition) is 0. The van der Waals surface area contributed by atoms with Crippen LogP contribution in [0.4, 0.5) is 0 Å². The van der Waals surface area contributed by atoms with Gasteiger partial charge in [0, 0.05) is 28.1 Å². The summed E-state index contributed by atoms with van der Waals surface area (Å²) in [6.45, 7) is 2.46. The Balaban J connectivity index is 1.69. The highest BCUT2D eigenvalue weighted by Gasteiger charge is 2.29. The Kier molecular flexibility index (Phi) is 5.05. The second kappa shape index (κ2) is 8.60. The number of benzene rings is 4. The monoisotopic (exact) mass is 496 g/mol. The highest BCUT2D eigenvalue weighted by molar-refractivity contribution is 6.05. The largest absolute Gasteiger partial charge is 0.497 e. The number of para-hydroxylation sites is 1. The predicted octanol–water partition coefficient (Wildman–Crippen LogP) is 7.08. The third kappa shape index (κ3) is 3.25. The SMILES string of the molecule is COc1cccc(-c2ccc3c4c(c(-c5ccccc5C)n(-c5cccc6cccnc56)c(=O)c24)CO3)c1. The molecular formula is C33H24N2O3. The molecule has 1 aliphatic heterocycles. The standard InChI is InChI=1S/C33H24N2O3/c1-20-8-3-4-13-24(20)32-26-19-38-28-16-15-25(22-10-5-12-23(18-22)37-2)30(29(26)28)33(36)35(32)27-14-6-9-21-11-7-17-34-31(21)27/h3-18H,19H2,1-2H3. The summed E-state index contributed by atoms with van der Waals surface area (Å²) in [4.78, 5) is 19.5. The van der Waals surface area contributed by atoms with Crippen molar-refractivity contribution in [1.29, 1.82) is 0 Å². The van der Waals surface area contributed by atoms with Crippen molar-refractivity contribution in [3.8, 4) is 39.6 Å². The van der Waals surface area contributed by atoms with Crippen LogP contribution >= 0.6 is 0 Å². The molecule has 0 unspecified atom stereocenters. The molecule has 3 heterocycles. The number of rotatable bonds is 4. The summed E-state index contributed by atoms with van der Waals surface area (Å²) in [7, 11) is 1.65. The maximum Gasteiger partial charge on any atom is 0.264 e. The van der Waals surface area contributed by atoms with Crippen LogP contribution in [0, 0.1) is 6.92 Å². The fraction of sp³-hybridized carbons (Fsp3) is 0.0909. The molecule has 5 heteroatoms. The molecule has 184 valence electrons. The number of hydrogen-bond acceptors (Lipinski definition) is 4. The summed E-state index contributed by atoms with van der Waals surface area (Å²) in [5, 5.41) is 2.48. The van der Waals surface area contributed by atoms with E-state index in [4.69, 9.17) is 14.5 Å². The highest BCUT2D eigenvalue weighted by Crippen LogP contribution is 2.44. The van der Waals surface area contributed by atoms with E-state index in [9.17, 15) is 4.79 Å².